The Hall–Kier alpha value is -2.49. The zero-order valence-corrected chi connectivity index (χ0v) is 18.6. The zero-order chi connectivity index (χ0) is 21.7. The minimum atomic E-state index is -3.59. The van der Waals surface area contributed by atoms with Gasteiger partial charge in [-0.2, -0.15) is 4.31 Å². The van der Waals surface area contributed by atoms with Crippen LogP contribution < -0.4 is 0 Å². The average molecular weight is 446 g/mol. The molecular weight excluding hydrogens is 422 g/mol. The first-order chi connectivity index (χ1) is 14.4. The predicted octanol–water partition coefficient (Wildman–Crippen LogP) is 4.13. The number of thioether (sulfide) groups is 1. The van der Waals surface area contributed by atoms with Crippen molar-refractivity contribution >= 4 is 27.6 Å². The maximum atomic E-state index is 12.8. The van der Waals surface area contributed by atoms with E-state index in [-0.39, 0.29) is 21.8 Å². The van der Waals surface area contributed by atoms with Crippen LogP contribution >= 0.6 is 11.8 Å². The highest BCUT2D eigenvalue weighted by atomic mass is 32.2. The molecule has 0 aliphatic carbocycles. The number of hydrogen-bond acceptors (Lipinski definition) is 7. The fourth-order valence-corrected chi connectivity index (χ4v) is 5.18. The molecule has 0 saturated heterocycles. The van der Waals surface area contributed by atoms with Gasteiger partial charge in [0.1, 0.15) is 0 Å². The van der Waals surface area contributed by atoms with Crippen LogP contribution in [0.4, 0.5) is 0 Å². The molecule has 0 bridgehead atoms. The summed E-state index contributed by atoms with van der Waals surface area (Å²) in [4.78, 5) is 12.7. The fourth-order valence-electron chi connectivity index (χ4n) is 2.92. The van der Waals surface area contributed by atoms with Crippen molar-refractivity contribution in [3.63, 3.8) is 0 Å². The largest absolute Gasteiger partial charge is 0.411 e. The third-order valence-electron chi connectivity index (χ3n) is 4.54. The van der Waals surface area contributed by atoms with Gasteiger partial charge in [-0.15, -0.1) is 10.2 Å². The molecule has 1 atom stereocenters. The van der Waals surface area contributed by atoms with E-state index in [0.717, 1.165) is 0 Å². The van der Waals surface area contributed by atoms with Crippen molar-refractivity contribution in [3.05, 3.63) is 60.2 Å². The molecule has 0 saturated carbocycles. The number of nitrogens with zero attached hydrogens (tertiary/aromatic N) is 3. The highest BCUT2D eigenvalue weighted by Crippen LogP contribution is 2.29. The van der Waals surface area contributed by atoms with Crippen LogP contribution in [-0.2, 0) is 10.0 Å². The van der Waals surface area contributed by atoms with Crippen LogP contribution in [0.3, 0.4) is 0 Å². The molecule has 0 amide bonds. The summed E-state index contributed by atoms with van der Waals surface area (Å²) >= 11 is 1.17. The van der Waals surface area contributed by atoms with Crippen LogP contribution in [0.1, 0.15) is 31.1 Å². The summed E-state index contributed by atoms with van der Waals surface area (Å²) in [5.41, 5.74) is 1.12. The van der Waals surface area contributed by atoms with Gasteiger partial charge in [0.15, 0.2) is 5.78 Å². The van der Waals surface area contributed by atoms with Gasteiger partial charge in [-0.25, -0.2) is 8.42 Å². The lowest BCUT2D eigenvalue weighted by Crippen LogP contribution is -2.30. The van der Waals surface area contributed by atoms with Gasteiger partial charge >= 0.3 is 0 Å². The maximum absolute atomic E-state index is 12.8. The monoisotopic (exact) mass is 445 g/mol. The van der Waals surface area contributed by atoms with Gasteiger partial charge in [0.2, 0.25) is 15.9 Å². The Kier molecular flexibility index (Phi) is 7.06. The predicted molar refractivity (Wildman–Crippen MR) is 116 cm³/mol. The Labute approximate surface area is 180 Å². The van der Waals surface area contributed by atoms with Gasteiger partial charge in [0.25, 0.3) is 5.22 Å². The van der Waals surface area contributed by atoms with Crippen molar-refractivity contribution in [1.29, 1.82) is 0 Å². The molecule has 9 heteroatoms. The quantitative estimate of drug-likeness (QED) is 0.361. The van der Waals surface area contributed by atoms with E-state index in [0.29, 0.717) is 24.2 Å². The molecule has 0 spiro atoms. The zero-order valence-electron chi connectivity index (χ0n) is 17.0. The third kappa shape index (κ3) is 4.80. The molecule has 158 valence electrons. The second-order valence-corrected chi connectivity index (χ2v) is 9.71. The smallest absolute Gasteiger partial charge is 0.277 e. The van der Waals surface area contributed by atoms with Crippen molar-refractivity contribution < 1.29 is 17.6 Å². The molecule has 3 aromatic rings. The Morgan fingerprint density at radius 1 is 1.07 bits per heavy atom. The van der Waals surface area contributed by atoms with Crippen LogP contribution in [0.25, 0.3) is 11.5 Å². The minimum absolute atomic E-state index is 0.0346. The van der Waals surface area contributed by atoms with Gasteiger partial charge in [-0.05, 0) is 25.1 Å². The molecule has 0 unspecified atom stereocenters. The van der Waals surface area contributed by atoms with Crippen molar-refractivity contribution in [2.24, 2.45) is 0 Å². The molecule has 0 aliphatic rings. The first kappa shape index (κ1) is 22.2. The van der Waals surface area contributed by atoms with E-state index in [1.54, 1.807) is 51.1 Å². The topological polar surface area (TPSA) is 93.4 Å². The maximum Gasteiger partial charge on any atom is 0.277 e. The molecule has 1 heterocycles. The van der Waals surface area contributed by atoms with Gasteiger partial charge in [0.05, 0.1) is 10.1 Å². The molecule has 1 aromatic heterocycles. The number of hydrogen-bond donors (Lipinski definition) is 0. The average Bonchev–Trinajstić information content (AvgIpc) is 3.23. The first-order valence-electron chi connectivity index (χ1n) is 9.56. The number of rotatable bonds is 9. The second kappa shape index (κ2) is 9.55. The molecule has 3 rings (SSSR count). The highest BCUT2D eigenvalue weighted by Gasteiger charge is 2.23. The SMILES string of the molecule is CCN(CC)S(=O)(=O)c1cccc(-c2nnc(S[C@@H](C)C(=O)c3ccccc3)o2)c1. The lowest BCUT2D eigenvalue weighted by Gasteiger charge is -2.18. The van der Waals surface area contributed by atoms with E-state index >= 15 is 0 Å². The summed E-state index contributed by atoms with van der Waals surface area (Å²) in [7, 11) is -3.59. The van der Waals surface area contributed by atoms with E-state index in [1.807, 2.05) is 18.2 Å². The Morgan fingerprint density at radius 3 is 2.43 bits per heavy atom. The molecule has 0 aliphatic heterocycles. The van der Waals surface area contributed by atoms with Crippen LogP contribution in [0, 0.1) is 0 Å². The molecule has 7 nitrogen and oxygen atoms in total. The molecular formula is C21H23N3O4S2. The Bertz CT molecular complexity index is 1110. The number of sulfonamides is 1. The minimum Gasteiger partial charge on any atom is -0.411 e. The Balaban J connectivity index is 1.79. The van der Waals surface area contributed by atoms with E-state index in [1.165, 1.54) is 22.1 Å². The van der Waals surface area contributed by atoms with Crippen molar-refractivity contribution in [3.8, 4) is 11.5 Å². The van der Waals surface area contributed by atoms with Crippen LogP contribution in [0.5, 0.6) is 0 Å². The fraction of sp³-hybridized carbons (Fsp3) is 0.286. The summed E-state index contributed by atoms with van der Waals surface area (Å²) in [6.45, 7) is 6.14. The van der Waals surface area contributed by atoms with Crippen LogP contribution in [0.2, 0.25) is 0 Å². The van der Waals surface area contributed by atoms with Crippen molar-refractivity contribution in [1.82, 2.24) is 14.5 Å². The van der Waals surface area contributed by atoms with Gasteiger partial charge in [-0.1, -0.05) is 62.0 Å². The first-order valence-corrected chi connectivity index (χ1v) is 11.9. The van der Waals surface area contributed by atoms with E-state index in [4.69, 9.17) is 4.42 Å². The summed E-state index contributed by atoms with van der Waals surface area (Å²) < 4.78 is 32.6. The number of Topliss-reactive ketones (excluding diaryl/α,β-unsaturated/α-hetero) is 1. The normalized spacial score (nSPS) is 12.8. The standard InChI is InChI=1S/C21H23N3O4S2/c1-4-24(5-2)30(26,27)18-13-9-12-17(14-18)20-22-23-21(28-20)29-15(3)19(25)16-10-7-6-8-11-16/h6-15H,4-5H2,1-3H3/t15-/m0/s1. The molecule has 30 heavy (non-hydrogen) atoms. The third-order valence-corrected chi connectivity index (χ3v) is 7.52. The van der Waals surface area contributed by atoms with Gasteiger partial charge in [0, 0.05) is 24.2 Å². The highest BCUT2D eigenvalue weighted by molar-refractivity contribution is 8.00. The number of carbonyl (C=O) groups excluding carboxylic acids is 1. The van der Waals surface area contributed by atoms with Crippen LogP contribution in [-0.4, -0.2) is 47.0 Å². The van der Waals surface area contributed by atoms with Gasteiger partial charge in [-0.3, -0.25) is 4.79 Å². The van der Waals surface area contributed by atoms with E-state index in [9.17, 15) is 13.2 Å². The van der Waals surface area contributed by atoms with E-state index in [2.05, 4.69) is 10.2 Å². The molecule has 0 N–H and O–H groups in total. The van der Waals surface area contributed by atoms with Crippen molar-refractivity contribution in [2.45, 2.75) is 36.1 Å². The lowest BCUT2D eigenvalue weighted by atomic mass is 10.1. The van der Waals surface area contributed by atoms with Crippen LogP contribution in [0.15, 0.2) is 69.1 Å². The number of aromatic nitrogens is 2. The molecule has 0 fully saturated rings. The summed E-state index contributed by atoms with van der Waals surface area (Å²) in [5, 5.41) is 7.87. The van der Waals surface area contributed by atoms with Gasteiger partial charge < -0.3 is 4.42 Å². The number of carbonyl (C=O) groups is 1. The summed E-state index contributed by atoms with van der Waals surface area (Å²) in [6.07, 6.45) is 0. The second-order valence-electron chi connectivity index (χ2n) is 6.48. The summed E-state index contributed by atoms with van der Waals surface area (Å²) in [5.74, 6) is 0.168. The number of ketones is 1. The Morgan fingerprint density at radius 2 is 1.77 bits per heavy atom. The molecule has 2 aromatic carbocycles. The molecule has 0 radical (unpaired) electrons. The van der Waals surface area contributed by atoms with E-state index < -0.39 is 15.3 Å². The summed E-state index contributed by atoms with van der Waals surface area (Å²) in [6, 6.07) is 15.4. The lowest BCUT2D eigenvalue weighted by molar-refractivity contribution is 0.0993. The number of benzene rings is 2. The van der Waals surface area contributed by atoms with Crippen molar-refractivity contribution in [2.75, 3.05) is 13.1 Å².